The van der Waals surface area contributed by atoms with E-state index in [0.717, 1.165) is 0 Å². The molecular weight excluding hydrogens is 230 g/mol. The fourth-order valence-corrected chi connectivity index (χ4v) is 1.38. The number of aryl methyl sites for hydroxylation is 1. The molecule has 0 aliphatic carbocycles. The van der Waals surface area contributed by atoms with Crippen molar-refractivity contribution < 1.29 is 9.53 Å². The van der Waals surface area contributed by atoms with Gasteiger partial charge in [-0.15, -0.1) is 0 Å². The van der Waals surface area contributed by atoms with Gasteiger partial charge >= 0.3 is 5.97 Å². The first-order valence-corrected chi connectivity index (χ1v) is 5.35. The smallest absolute Gasteiger partial charge is 0.328 e. The van der Waals surface area contributed by atoms with Gasteiger partial charge in [-0.05, 0) is 20.8 Å². The number of carbonyl (C=O) groups excluding carboxylic acids is 1. The highest BCUT2D eigenvalue weighted by molar-refractivity contribution is 6.29. The van der Waals surface area contributed by atoms with Crippen LogP contribution in [0, 0.1) is 6.92 Å². The number of halogens is 1. The number of aromatic nitrogens is 2. The van der Waals surface area contributed by atoms with Gasteiger partial charge in [-0.3, -0.25) is 0 Å². The van der Waals surface area contributed by atoms with E-state index >= 15 is 0 Å². The largest absolute Gasteiger partial charge is 0.464 e. The second-order valence-corrected chi connectivity index (χ2v) is 3.63. The number of hydrogen-bond donors (Lipinski definition) is 1. The third-order valence-electron chi connectivity index (χ3n) is 1.81. The van der Waals surface area contributed by atoms with E-state index < -0.39 is 6.04 Å². The molecule has 1 atom stereocenters. The lowest BCUT2D eigenvalue weighted by atomic mass is 10.3. The molecule has 6 heteroatoms. The maximum Gasteiger partial charge on any atom is 0.328 e. The highest BCUT2D eigenvalue weighted by Gasteiger charge is 2.14. The van der Waals surface area contributed by atoms with Crippen LogP contribution in [0.1, 0.15) is 19.7 Å². The van der Waals surface area contributed by atoms with Crippen molar-refractivity contribution in [2.45, 2.75) is 26.8 Å². The van der Waals surface area contributed by atoms with E-state index in [9.17, 15) is 4.79 Å². The molecule has 0 aliphatic rings. The second kappa shape index (κ2) is 5.65. The van der Waals surface area contributed by atoms with Crippen LogP contribution in [0.5, 0.6) is 0 Å². The van der Waals surface area contributed by atoms with Gasteiger partial charge in [-0.25, -0.2) is 14.8 Å². The Morgan fingerprint density at radius 1 is 1.62 bits per heavy atom. The summed E-state index contributed by atoms with van der Waals surface area (Å²) in [5, 5.41) is 3.24. The minimum absolute atomic E-state index is 0.324. The Morgan fingerprint density at radius 3 is 2.88 bits per heavy atom. The maximum absolute atomic E-state index is 11.4. The van der Waals surface area contributed by atoms with Gasteiger partial charge < -0.3 is 10.1 Å². The number of esters is 1. The van der Waals surface area contributed by atoms with Crippen LogP contribution in [-0.2, 0) is 9.53 Å². The molecule has 5 nitrogen and oxygen atoms in total. The SMILES string of the molecule is CCOC(=O)C(C)Nc1cc(Cl)nc(C)n1. The molecule has 1 rings (SSSR count). The highest BCUT2D eigenvalue weighted by Crippen LogP contribution is 2.12. The minimum Gasteiger partial charge on any atom is -0.464 e. The summed E-state index contributed by atoms with van der Waals surface area (Å²) in [7, 11) is 0. The van der Waals surface area contributed by atoms with Crippen LogP contribution < -0.4 is 5.32 Å². The van der Waals surface area contributed by atoms with Gasteiger partial charge in [-0.1, -0.05) is 11.6 Å². The van der Waals surface area contributed by atoms with Crippen molar-refractivity contribution in [1.29, 1.82) is 0 Å². The molecule has 1 N–H and O–H groups in total. The third-order valence-corrected chi connectivity index (χ3v) is 2.00. The molecular formula is C10H14ClN3O2. The van der Waals surface area contributed by atoms with Crippen molar-refractivity contribution in [2.24, 2.45) is 0 Å². The number of anilines is 1. The van der Waals surface area contributed by atoms with Crippen molar-refractivity contribution in [3.63, 3.8) is 0 Å². The number of hydrogen-bond acceptors (Lipinski definition) is 5. The Kier molecular flexibility index (Phi) is 4.49. The van der Waals surface area contributed by atoms with Crippen LogP contribution >= 0.6 is 11.6 Å². The lowest BCUT2D eigenvalue weighted by molar-refractivity contribution is -0.143. The Morgan fingerprint density at radius 2 is 2.31 bits per heavy atom. The van der Waals surface area contributed by atoms with Crippen LogP contribution in [-0.4, -0.2) is 28.6 Å². The zero-order chi connectivity index (χ0) is 12.1. The number of nitrogens with one attached hydrogen (secondary N) is 1. The Hall–Kier alpha value is -1.36. The van der Waals surface area contributed by atoms with Gasteiger partial charge in [0.2, 0.25) is 0 Å². The van der Waals surface area contributed by atoms with Gasteiger partial charge in [0.25, 0.3) is 0 Å². The molecule has 0 saturated carbocycles. The average Bonchev–Trinajstić information content (AvgIpc) is 2.16. The van der Waals surface area contributed by atoms with Crippen LogP contribution in [0.25, 0.3) is 0 Å². The van der Waals surface area contributed by atoms with Crippen molar-refractivity contribution >= 4 is 23.4 Å². The van der Waals surface area contributed by atoms with Crippen molar-refractivity contribution in [1.82, 2.24) is 9.97 Å². The minimum atomic E-state index is -0.467. The Bertz CT molecular complexity index is 364. The van der Waals surface area contributed by atoms with E-state index in [1.165, 1.54) is 0 Å². The summed E-state index contributed by atoms with van der Waals surface area (Å²) in [5.41, 5.74) is 0. The number of rotatable bonds is 4. The monoisotopic (exact) mass is 243 g/mol. The van der Waals surface area contributed by atoms with Gasteiger partial charge in [0.05, 0.1) is 6.61 Å². The van der Waals surface area contributed by atoms with Crippen LogP contribution in [0.3, 0.4) is 0 Å². The molecule has 0 spiro atoms. The summed E-state index contributed by atoms with van der Waals surface area (Å²) in [6, 6.07) is 1.09. The standard InChI is InChI=1S/C10H14ClN3O2/c1-4-16-10(15)6(2)12-9-5-8(11)13-7(3)14-9/h5-6H,4H2,1-3H3,(H,12,13,14). The topological polar surface area (TPSA) is 64.1 Å². The quantitative estimate of drug-likeness (QED) is 0.645. The highest BCUT2D eigenvalue weighted by atomic mass is 35.5. The second-order valence-electron chi connectivity index (χ2n) is 3.24. The van der Waals surface area contributed by atoms with E-state index in [0.29, 0.717) is 23.4 Å². The third kappa shape index (κ3) is 3.66. The predicted molar refractivity (Wildman–Crippen MR) is 61.5 cm³/mol. The molecule has 1 aromatic heterocycles. The normalized spacial score (nSPS) is 12.0. The summed E-state index contributed by atoms with van der Waals surface area (Å²) in [6.07, 6.45) is 0. The maximum atomic E-state index is 11.4. The number of ether oxygens (including phenoxy) is 1. The fourth-order valence-electron chi connectivity index (χ4n) is 1.15. The number of nitrogens with zero attached hydrogens (tertiary/aromatic N) is 2. The van der Waals surface area contributed by atoms with Crippen molar-refractivity contribution in [2.75, 3.05) is 11.9 Å². The van der Waals surface area contributed by atoms with Crippen molar-refractivity contribution in [3.05, 3.63) is 17.0 Å². The van der Waals surface area contributed by atoms with Crippen LogP contribution in [0.4, 0.5) is 5.82 Å². The first kappa shape index (κ1) is 12.7. The summed E-state index contributed by atoms with van der Waals surface area (Å²) in [6.45, 7) is 5.54. The van der Waals surface area contributed by atoms with Crippen molar-refractivity contribution in [3.8, 4) is 0 Å². The van der Waals surface area contributed by atoms with Crippen LogP contribution in [0.15, 0.2) is 6.07 Å². The molecule has 1 unspecified atom stereocenters. The molecule has 16 heavy (non-hydrogen) atoms. The van der Waals surface area contributed by atoms with E-state index in [4.69, 9.17) is 16.3 Å². The van der Waals surface area contributed by atoms with E-state index in [1.54, 1.807) is 26.8 Å². The molecule has 0 radical (unpaired) electrons. The first-order valence-electron chi connectivity index (χ1n) is 4.97. The molecule has 0 fully saturated rings. The van der Waals surface area contributed by atoms with Gasteiger partial charge in [0.1, 0.15) is 22.8 Å². The van der Waals surface area contributed by atoms with Gasteiger partial charge in [0, 0.05) is 6.07 Å². The van der Waals surface area contributed by atoms with E-state index in [-0.39, 0.29) is 5.97 Å². The summed E-state index contributed by atoms with van der Waals surface area (Å²) < 4.78 is 4.86. The lowest BCUT2D eigenvalue weighted by Crippen LogP contribution is -2.28. The van der Waals surface area contributed by atoms with E-state index in [2.05, 4.69) is 15.3 Å². The molecule has 0 aromatic carbocycles. The molecule has 1 heterocycles. The van der Waals surface area contributed by atoms with Crippen LogP contribution in [0.2, 0.25) is 5.15 Å². The summed E-state index contributed by atoms with van der Waals surface area (Å²) >= 11 is 5.77. The Labute approximate surface area is 99.2 Å². The number of carbonyl (C=O) groups is 1. The van der Waals surface area contributed by atoms with E-state index in [1.807, 2.05) is 0 Å². The summed E-state index contributed by atoms with van der Waals surface area (Å²) in [4.78, 5) is 19.4. The Balaban J connectivity index is 2.69. The molecule has 0 bridgehead atoms. The summed E-state index contributed by atoms with van der Waals surface area (Å²) in [5.74, 6) is 0.735. The van der Waals surface area contributed by atoms with Gasteiger partial charge in [0.15, 0.2) is 0 Å². The molecule has 0 amide bonds. The predicted octanol–water partition coefficient (Wildman–Crippen LogP) is 1.80. The molecule has 0 aliphatic heterocycles. The fraction of sp³-hybridized carbons (Fsp3) is 0.500. The van der Waals surface area contributed by atoms with Gasteiger partial charge in [-0.2, -0.15) is 0 Å². The lowest BCUT2D eigenvalue weighted by Gasteiger charge is -2.13. The zero-order valence-corrected chi connectivity index (χ0v) is 10.2. The molecule has 1 aromatic rings. The zero-order valence-electron chi connectivity index (χ0n) is 9.45. The first-order chi connectivity index (χ1) is 7.52. The molecule has 88 valence electrons. The average molecular weight is 244 g/mol. The molecule has 0 saturated heterocycles.